The number of para-hydroxylation sites is 1. The van der Waals surface area contributed by atoms with Gasteiger partial charge in [0.25, 0.3) is 0 Å². The third kappa shape index (κ3) is 4.92. The molecular formula is C36H50N4O2. The highest BCUT2D eigenvalue weighted by Crippen LogP contribution is 2.59. The van der Waals surface area contributed by atoms with Crippen molar-refractivity contribution in [1.82, 2.24) is 20.2 Å². The van der Waals surface area contributed by atoms with Crippen molar-refractivity contribution in [3.05, 3.63) is 54.4 Å². The number of aromatic amines is 1. The molecule has 1 aromatic carbocycles. The van der Waals surface area contributed by atoms with Crippen LogP contribution in [-0.2, 0) is 0 Å². The van der Waals surface area contributed by atoms with E-state index in [1.807, 2.05) is 6.20 Å². The Bertz CT molecular complexity index is 1400. The molecule has 6 heteroatoms. The molecule has 6 nitrogen and oxygen atoms in total. The zero-order valence-electron chi connectivity index (χ0n) is 25.2. The van der Waals surface area contributed by atoms with Gasteiger partial charge in [-0.05, 0) is 89.1 Å². The van der Waals surface area contributed by atoms with Gasteiger partial charge in [0.1, 0.15) is 5.60 Å². The van der Waals surface area contributed by atoms with Gasteiger partial charge < -0.3 is 25.4 Å². The number of rotatable bonds is 1. The first-order chi connectivity index (χ1) is 20.6. The predicted octanol–water partition coefficient (Wildman–Crippen LogP) is 6.44. The number of aliphatic hydroxyl groups is 2. The van der Waals surface area contributed by atoms with Crippen LogP contribution in [0.5, 0.6) is 0 Å². The summed E-state index contributed by atoms with van der Waals surface area (Å²) in [5.41, 5.74) is 1.70. The van der Waals surface area contributed by atoms with Crippen LogP contribution in [0.2, 0.25) is 0 Å². The van der Waals surface area contributed by atoms with Gasteiger partial charge in [-0.25, -0.2) is 0 Å². The second-order valence-electron chi connectivity index (χ2n) is 13.9. The van der Waals surface area contributed by atoms with Crippen LogP contribution in [0.3, 0.4) is 0 Å². The van der Waals surface area contributed by atoms with Crippen LogP contribution in [0.1, 0.15) is 95.1 Å². The molecule has 2 saturated heterocycles. The highest BCUT2D eigenvalue weighted by Gasteiger charge is 2.66. The van der Waals surface area contributed by atoms with E-state index < -0.39 is 11.7 Å². The first kappa shape index (κ1) is 28.5. The highest BCUT2D eigenvalue weighted by atomic mass is 16.3. The summed E-state index contributed by atoms with van der Waals surface area (Å²) in [5.74, 6) is 0.0126. The summed E-state index contributed by atoms with van der Waals surface area (Å²) in [4.78, 5) is 11.5. The van der Waals surface area contributed by atoms with Crippen molar-refractivity contribution in [1.29, 1.82) is 0 Å². The number of hydrogen-bond acceptors (Lipinski definition) is 5. The molecule has 0 radical (unpaired) electrons. The summed E-state index contributed by atoms with van der Waals surface area (Å²) in [7, 11) is 0. The van der Waals surface area contributed by atoms with Gasteiger partial charge in [-0.3, -0.25) is 4.98 Å². The van der Waals surface area contributed by atoms with Crippen LogP contribution in [0.25, 0.3) is 21.8 Å². The lowest BCUT2D eigenvalue weighted by atomic mass is 9.48. The Balaban J connectivity index is 1.42. The molecule has 3 aliphatic heterocycles. The third-order valence-electron chi connectivity index (χ3n) is 11.5. The zero-order valence-corrected chi connectivity index (χ0v) is 25.2. The molecule has 2 aromatic heterocycles. The Morgan fingerprint density at radius 3 is 2.62 bits per heavy atom. The number of fused-ring (bicyclic) bond motifs is 4. The van der Waals surface area contributed by atoms with E-state index in [9.17, 15) is 10.2 Å². The molecule has 1 saturated carbocycles. The second kappa shape index (κ2) is 12.0. The van der Waals surface area contributed by atoms with Crippen LogP contribution in [0, 0.1) is 11.3 Å². The molecule has 3 bridgehead atoms. The number of piperidine rings is 1. The Morgan fingerprint density at radius 2 is 1.69 bits per heavy atom. The van der Waals surface area contributed by atoms with Gasteiger partial charge in [0.05, 0.1) is 17.3 Å². The number of benzene rings is 1. The van der Waals surface area contributed by atoms with E-state index in [0.29, 0.717) is 6.42 Å². The number of H-pyrrole nitrogens is 1. The topological polar surface area (TPSA) is 84.4 Å². The lowest BCUT2D eigenvalue weighted by molar-refractivity contribution is -0.212. The van der Waals surface area contributed by atoms with E-state index in [4.69, 9.17) is 4.98 Å². The molecule has 1 unspecified atom stereocenters. The van der Waals surface area contributed by atoms with Crippen molar-refractivity contribution in [2.75, 3.05) is 26.2 Å². The molecule has 5 heterocycles. The van der Waals surface area contributed by atoms with Gasteiger partial charge in [-0.2, -0.15) is 0 Å². The maximum absolute atomic E-state index is 13.0. The summed E-state index contributed by atoms with van der Waals surface area (Å²) in [6.45, 7) is 4.08. The van der Waals surface area contributed by atoms with E-state index in [1.54, 1.807) is 0 Å². The number of aliphatic hydroxyl groups excluding tert-OH is 1. The summed E-state index contributed by atoms with van der Waals surface area (Å²) >= 11 is 0. The fraction of sp³-hybridized carbons (Fsp3) is 0.639. The normalized spacial score (nSPS) is 37.6. The summed E-state index contributed by atoms with van der Waals surface area (Å²) in [5, 5.41) is 32.0. The largest absolute Gasteiger partial charge is 0.389 e. The fourth-order valence-electron chi connectivity index (χ4n) is 9.60. The van der Waals surface area contributed by atoms with E-state index >= 15 is 0 Å². The van der Waals surface area contributed by atoms with Crippen molar-refractivity contribution in [3.63, 3.8) is 0 Å². The Morgan fingerprint density at radius 1 is 0.857 bits per heavy atom. The molecule has 7 rings (SSSR count). The lowest BCUT2D eigenvalue weighted by Crippen LogP contribution is -2.75. The monoisotopic (exact) mass is 570 g/mol. The van der Waals surface area contributed by atoms with E-state index in [-0.39, 0.29) is 23.3 Å². The van der Waals surface area contributed by atoms with Gasteiger partial charge in [0, 0.05) is 46.4 Å². The van der Waals surface area contributed by atoms with Crippen molar-refractivity contribution in [2.24, 2.45) is 11.3 Å². The number of hydrogen-bond donors (Lipinski definition) is 4. The standard InChI is InChI=1S/C36H50N4O2/c41-33-30(32-31-27(17-22-37-32)26-15-9-10-16-29(26)39-31)28-18-24-40-23-14-8-4-2-6-12-20-36(33,42)34-35(28,25-40)19-11-5-1-3-7-13-21-38-34/h2,6,9-10,15-17,22,28,30,33-34,38-39,41-42H,1,3-5,7-8,11-14,18-21,23-25H2/b6-2-/t28-,30+,33-,34+,35-,36-/m0/s1. The summed E-state index contributed by atoms with van der Waals surface area (Å²) in [6.07, 6.45) is 20.0. The zero-order chi connectivity index (χ0) is 28.6. The van der Waals surface area contributed by atoms with Crippen molar-refractivity contribution < 1.29 is 10.2 Å². The minimum atomic E-state index is -1.24. The molecule has 1 spiro atoms. The van der Waals surface area contributed by atoms with Crippen molar-refractivity contribution in [3.8, 4) is 0 Å². The summed E-state index contributed by atoms with van der Waals surface area (Å²) in [6, 6.07) is 10.4. The number of pyridine rings is 1. The SMILES string of the molecule is O[C@H]1[C@@H](c2nccc3c2[nH]c2ccccc23)[C@@H]2CCN3CCCC/C=C\CC[C@@]1(O)[C@@H]1NCCCCCCCC[C@]21C3. The van der Waals surface area contributed by atoms with Gasteiger partial charge >= 0.3 is 0 Å². The molecule has 4 N–H and O–H groups in total. The van der Waals surface area contributed by atoms with Gasteiger partial charge in [0.2, 0.25) is 0 Å². The molecule has 7 atom stereocenters. The van der Waals surface area contributed by atoms with Crippen LogP contribution in [0.4, 0.5) is 0 Å². The molecule has 3 fully saturated rings. The molecular weight excluding hydrogens is 520 g/mol. The number of nitrogens with zero attached hydrogens (tertiary/aromatic N) is 2. The average molecular weight is 571 g/mol. The smallest absolute Gasteiger partial charge is 0.107 e. The van der Waals surface area contributed by atoms with E-state index in [1.165, 1.54) is 50.3 Å². The van der Waals surface area contributed by atoms with Crippen molar-refractivity contribution in [2.45, 2.75) is 107 Å². The Labute approximate surface area is 251 Å². The maximum atomic E-state index is 13.0. The van der Waals surface area contributed by atoms with Gasteiger partial charge in [-0.15, -0.1) is 0 Å². The molecule has 3 aromatic rings. The van der Waals surface area contributed by atoms with E-state index in [0.717, 1.165) is 80.4 Å². The third-order valence-corrected chi connectivity index (χ3v) is 11.5. The number of allylic oxidation sites excluding steroid dienone is 2. The molecule has 1 aliphatic carbocycles. The van der Waals surface area contributed by atoms with Crippen LogP contribution in [-0.4, -0.2) is 69.0 Å². The summed E-state index contributed by atoms with van der Waals surface area (Å²) < 4.78 is 0. The maximum Gasteiger partial charge on any atom is 0.107 e. The number of nitrogens with one attached hydrogen (secondary N) is 2. The highest BCUT2D eigenvalue weighted by molar-refractivity contribution is 6.07. The predicted molar refractivity (Wildman–Crippen MR) is 171 cm³/mol. The quantitative estimate of drug-likeness (QED) is 0.253. The molecule has 0 amide bonds. The Hall–Kier alpha value is -2.25. The van der Waals surface area contributed by atoms with Gasteiger partial charge in [-0.1, -0.05) is 62.5 Å². The van der Waals surface area contributed by atoms with Crippen LogP contribution < -0.4 is 5.32 Å². The molecule has 226 valence electrons. The first-order valence-electron chi connectivity index (χ1n) is 17.0. The minimum Gasteiger partial charge on any atom is -0.389 e. The second-order valence-corrected chi connectivity index (χ2v) is 13.9. The minimum absolute atomic E-state index is 0.130. The van der Waals surface area contributed by atoms with Crippen molar-refractivity contribution >= 4 is 21.8 Å². The molecule has 42 heavy (non-hydrogen) atoms. The lowest BCUT2D eigenvalue weighted by Gasteiger charge is -2.64. The van der Waals surface area contributed by atoms with Crippen LogP contribution >= 0.6 is 0 Å². The fourth-order valence-corrected chi connectivity index (χ4v) is 9.60. The van der Waals surface area contributed by atoms with Gasteiger partial charge in [0.15, 0.2) is 0 Å². The first-order valence-corrected chi connectivity index (χ1v) is 17.0. The Kier molecular flexibility index (Phi) is 8.17. The average Bonchev–Trinajstić information content (AvgIpc) is 3.37. The number of aromatic nitrogens is 2. The van der Waals surface area contributed by atoms with E-state index in [2.05, 4.69) is 57.7 Å². The van der Waals surface area contributed by atoms with Crippen LogP contribution in [0.15, 0.2) is 48.7 Å². The molecule has 4 aliphatic rings.